The molecule has 0 aliphatic heterocycles. The second kappa shape index (κ2) is 4.37. The van der Waals surface area contributed by atoms with E-state index in [-0.39, 0.29) is 6.10 Å². The van der Waals surface area contributed by atoms with Gasteiger partial charge in [0.2, 0.25) is 0 Å². The minimum Gasteiger partial charge on any atom is -0.388 e. The Kier molecular flexibility index (Phi) is 3.25. The second-order valence-corrected chi connectivity index (χ2v) is 5.91. The topological polar surface area (TPSA) is 20.2 Å². The van der Waals surface area contributed by atoms with Gasteiger partial charge in [0.05, 0.1) is 6.10 Å². The quantitative estimate of drug-likeness (QED) is 0.668. The molecule has 1 N–H and O–H groups in total. The molecule has 0 aromatic rings. The molecule has 1 nitrogen and oxygen atoms in total. The number of aliphatic hydroxyl groups excluding tert-OH is 1. The fourth-order valence-electron chi connectivity index (χ4n) is 3.31. The molecule has 0 heterocycles. The van der Waals surface area contributed by atoms with E-state index in [1.165, 1.54) is 29.6 Å². The maximum absolute atomic E-state index is 9.96. The van der Waals surface area contributed by atoms with E-state index in [4.69, 9.17) is 0 Å². The van der Waals surface area contributed by atoms with Crippen molar-refractivity contribution in [1.82, 2.24) is 0 Å². The molecule has 0 radical (unpaired) electrons. The van der Waals surface area contributed by atoms with E-state index in [0.717, 1.165) is 18.3 Å². The molecule has 90 valence electrons. The first-order valence-corrected chi connectivity index (χ1v) is 6.55. The highest BCUT2D eigenvalue weighted by molar-refractivity contribution is 5.32. The van der Waals surface area contributed by atoms with Crippen molar-refractivity contribution in [2.75, 3.05) is 0 Å². The molecule has 3 atom stereocenters. The Morgan fingerprint density at radius 2 is 2.00 bits per heavy atom. The van der Waals surface area contributed by atoms with Crippen LogP contribution in [0.3, 0.4) is 0 Å². The van der Waals surface area contributed by atoms with Crippen LogP contribution < -0.4 is 0 Å². The highest BCUT2D eigenvalue weighted by Gasteiger charge is 2.34. The molecule has 0 aromatic heterocycles. The van der Waals surface area contributed by atoms with E-state index < -0.39 is 0 Å². The summed E-state index contributed by atoms with van der Waals surface area (Å²) in [7, 11) is 0. The van der Waals surface area contributed by atoms with Gasteiger partial charge in [-0.2, -0.15) is 0 Å². The van der Waals surface area contributed by atoms with Gasteiger partial charge >= 0.3 is 0 Å². The maximum Gasteiger partial charge on any atom is 0.0785 e. The van der Waals surface area contributed by atoms with Gasteiger partial charge in [-0.05, 0) is 50.5 Å². The minimum atomic E-state index is -0.230. The predicted octanol–water partition coefficient (Wildman–Crippen LogP) is 3.70. The molecule has 0 spiro atoms. The third-order valence-corrected chi connectivity index (χ3v) is 4.50. The Morgan fingerprint density at radius 1 is 1.31 bits per heavy atom. The zero-order chi connectivity index (χ0) is 11.9. The fraction of sp³-hybridized carbons (Fsp3) is 0.733. The molecule has 0 aromatic carbocycles. The van der Waals surface area contributed by atoms with E-state index in [1.807, 2.05) is 0 Å². The van der Waals surface area contributed by atoms with Crippen LogP contribution >= 0.6 is 0 Å². The summed E-state index contributed by atoms with van der Waals surface area (Å²) in [5, 5.41) is 9.96. The summed E-state index contributed by atoms with van der Waals surface area (Å²) in [6, 6.07) is 0. The number of hydrogen-bond donors (Lipinski definition) is 1. The standard InChI is InChI=1S/C15H24O/c1-9(2)12-6-5-10(3)13-8-15(16)11(4)7-14(12)13/h7,9,12,14-16H,5-6,8H2,1-4H3/t12-,14-,15-/m0/s1. The van der Waals surface area contributed by atoms with Crippen molar-refractivity contribution >= 4 is 0 Å². The predicted molar refractivity (Wildman–Crippen MR) is 68.1 cm³/mol. The van der Waals surface area contributed by atoms with Gasteiger partial charge in [-0.3, -0.25) is 0 Å². The largest absolute Gasteiger partial charge is 0.388 e. The molecule has 2 rings (SSSR count). The number of aliphatic hydroxyl groups is 1. The van der Waals surface area contributed by atoms with Gasteiger partial charge in [0.1, 0.15) is 0 Å². The van der Waals surface area contributed by atoms with Crippen molar-refractivity contribution in [1.29, 1.82) is 0 Å². The van der Waals surface area contributed by atoms with Crippen LogP contribution in [0.25, 0.3) is 0 Å². The normalized spacial score (nSPS) is 35.1. The van der Waals surface area contributed by atoms with Crippen molar-refractivity contribution in [3.05, 3.63) is 22.8 Å². The molecule has 2 aliphatic carbocycles. The van der Waals surface area contributed by atoms with Crippen LogP contribution in [0.1, 0.15) is 47.0 Å². The highest BCUT2D eigenvalue weighted by atomic mass is 16.3. The van der Waals surface area contributed by atoms with Crippen LogP contribution in [0.5, 0.6) is 0 Å². The first-order valence-electron chi connectivity index (χ1n) is 6.55. The Bertz CT molecular complexity index is 335. The van der Waals surface area contributed by atoms with Crippen LogP contribution in [-0.2, 0) is 0 Å². The first kappa shape index (κ1) is 11.9. The molecule has 0 saturated carbocycles. The van der Waals surface area contributed by atoms with Crippen LogP contribution in [0, 0.1) is 17.8 Å². The molecular weight excluding hydrogens is 196 g/mol. The summed E-state index contributed by atoms with van der Waals surface area (Å²) in [6.45, 7) is 8.98. The average Bonchev–Trinajstić information content (AvgIpc) is 2.21. The van der Waals surface area contributed by atoms with Crippen molar-refractivity contribution in [2.45, 2.75) is 53.1 Å². The summed E-state index contributed by atoms with van der Waals surface area (Å²) in [5.74, 6) is 2.13. The Morgan fingerprint density at radius 3 is 2.62 bits per heavy atom. The molecule has 0 unspecified atom stereocenters. The van der Waals surface area contributed by atoms with Crippen LogP contribution in [0.2, 0.25) is 0 Å². The van der Waals surface area contributed by atoms with Crippen molar-refractivity contribution in [3.63, 3.8) is 0 Å². The van der Waals surface area contributed by atoms with Gasteiger partial charge in [0, 0.05) is 5.92 Å². The molecule has 1 heteroatoms. The number of allylic oxidation sites excluding steroid dienone is 2. The summed E-state index contributed by atoms with van der Waals surface area (Å²) in [6.07, 6.45) is 5.53. The van der Waals surface area contributed by atoms with Gasteiger partial charge in [-0.25, -0.2) is 0 Å². The number of rotatable bonds is 1. The fourth-order valence-corrected chi connectivity index (χ4v) is 3.31. The van der Waals surface area contributed by atoms with E-state index >= 15 is 0 Å². The van der Waals surface area contributed by atoms with Gasteiger partial charge in [0.15, 0.2) is 0 Å². The van der Waals surface area contributed by atoms with Crippen molar-refractivity contribution in [2.24, 2.45) is 17.8 Å². The minimum absolute atomic E-state index is 0.230. The van der Waals surface area contributed by atoms with Gasteiger partial charge in [-0.15, -0.1) is 0 Å². The Hall–Kier alpha value is -0.560. The van der Waals surface area contributed by atoms with Gasteiger partial charge in [0.25, 0.3) is 0 Å². The average molecular weight is 220 g/mol. The number of fused-ring (bicyclic) bond motifs is 1. The zero-order valence-corrected chi connectivity index (χ0v) is 11.0. The first-order chi connectivity index (χ1) is 7.50. The van der Waals surface area contributed by atoms with Crippen LogP contribution in [-0.4, -0.2) is 11.2 Å². The third kappa shape index (κ3) is 1.98. The Balaban J connectivity index is 2.36. The van der Waals surface area contributed by atoms with Crippen molar-refractivity contribution in [3.8, 4) is 0 Å². The molecule has 0 saturated heterocycles. The SMILES string of the molecule is CC1=C[C@@H]2C(=C(C)CC[C@H]2C(C)C)C[C@@H]1O. The molecule has 0 fully saturated rings. The lowest BCUT2D eigenvalue weighted by molar-refractivity contribution is 0.183. The number of hydrogen-bond acceptors (Lipinski definition) is 1. The monoisotopic (exact) mass is 220 g/mol. The highest BCUT2D eigenvalue weighted by Crippen LogP contribution is 2.44. The summed E-state index contributed by atoms with van der Waals surface area (Å²) >= 11 is 0. The van der Waals surface area contributed by atoms with Gasteiger partial charge in [-0.1, -0.05) is 31.1 Å². The van der Waals surface area contributed by atoms with E-state index in [0.29, 0.717) is 5.92 Å². The van der Waals surface area contributed by atoms with E-state index in [2.05, 4.69) is 33.8 Å². The summed E-state index contributed by atoms with van der Waals surface area (Å²) in [5.41, 5.74) is 4.24. The summed E-state index contributed by atoms with van der Waals surface area (Å²) < 4.78 is 0. The molecule has 0 amide bonds. The summed E-state index contributed by atoms with van der Waals surface area (Å²) in [4.78, 5) is 0. The zero-order valence-electron chi connectivity index (χ0n) is 11.0. The van der Waals surface area contributed by atoms with Gasteiger partial charge < -0.3 is 5.11 Å². The van der Waals surface area contributed by atoms with Crippen molar-refractivity contribution < 1.29 is 5.11 Å². The lowest BCUT2D eigenvalue weighted by Gasteiger charge is -2.40. The van der Waals surface area contributed by atoms with E-state index in [1.54, 1.807) is 0 Å². The third-order valence-electron chi connectivity index (χ3n) is 4.50. The van der Waals surface area contributed by atoms with Crippen LogP contribution in [0.15, 0.2) is 22.8 Å². The Labute approximate surface area is 99.3 Å². The van der Waals surface area contributed by atoms with E-state index in [9.17, 15) is 5.11 Å². The smallest absolute Gasteiger partial charge is 0.0785 e. The lowest BCUT2D eigenvalue weighted by atomic mass is 9.66. The lowest BCUT2D eigenvalue weighted by Crippen LogP contribution is -2.31. The second-order valence-electron chi connectivity index (χ2n) is 5.91. The molecule has 2 aliphatic rings. The van der Waals surface area contributed by atoms with Crippen LogP contribution in [0.4, 0.5) is 0 Å². The molecule has 0 bridgehead atoms. The maximum atomic E-state index is 9.96. The molecular formula is C15H24O. The molecule has 16 heavy (non-hydrogen) atoms.